The van der Waals surface area contributed by atoms with E-state index in [2.05, 4.69) is 0 Å². The number of aromatic nitrogens is 3. The number of fused-ring (bicyclic) bond motifs is 1. The number of ether oxygens (including phenoxy) is 3. The molecule has 1 unspecified atom stereocenters. The number of hydrogen-bond acceptors (Lipinski definition) is 8. The maximum Gasteiger partial charge on any atom is 0.338 e. The van der Waals surface area contributed by atoms with Crippen LogP contribution in [0.2, 0.25) is 0 Å². The Morgan fingerprint density at radius 3 is 2.45 bits per heavy atom. The molecular formula is C37H36N4O5S. The third kappa shape index (κ3) is 6.29. The van der Waals surface area contributed by atoms with E-state index in [1.807, 2.05) is 111 Å². The van der Waals surface area contributed by atoms with Gasteiger partial charge >= 0.3 is 5.97 Å². The van der Waals surface area contributed by atoms with Crippen molar-refractivity contribution in [2.24, 2.45) is 4.99 Å². The van der Waals surface area contributed by atoms with Gasteiger partial charge in [-0.05, 0) is 94.3 Å². The lowest BCUT2D eigenvalue weighted by Crippen LogP contribution is -2.39. The Bertz CT molecular complexity index is 2160. The Morgan fingerprint density at radius 1 is 1.04 bits per heavy atom. The number of para-hydroxylation sites is 1. The monoisotopic (exact) mass is 648 g/mol. The van der Waals surface area contributed by atoms with E-state index in [1.54, 1.807) is 25.5 Å². The fourth-order valence-corrected chi connectivity index (χ4v) is 6.68. The van der Waals surface area contributed by atoms with Gasteiger partial charge in [0.2, 0.25) is 0 Å². The second-order valence-electron chi connectivity index (χ2n) is 11.4. The molecule has 0 fully saturated rings. The number of hydrogen-bond donors (Lipinski definition) is 0. The molecule has 0 saturated heterocycles. The van der Waals surface area contributed by atoms with Gasteiger partial charge in [-0.15, -0.1) is 0 Å². The van der Waals surface area contributed by atoms with Crippen molar-refractivity contribution in [3.63, 3.8) is 0 Å². The minimum atomic E-state index is -0.721. The van der Waals surface area contributed by atoms with E-state index < -0.39 is 12.0 Å². The summed E-state index contributed by atoms with van der Waals surface area (Å²) in [5.74, 6) is 0.976. The van der Waals surface area contributed by atoms with Crippen LogP contribution in [0, 0.1) is 6.92 Å². The van der Waals surface area contributed by atoms with Crippen LogP contribution in [0.3, 0.4) is 0 Å². The number of carbonyl (C=O) groups excluding carboxylic acids is 1. The SMILES string of the molecule is CCOC(=O)C1=C(C)N=c2sc(=Cc3cn(-c4ccccc4)nc3-c3ccc(OC(C)C)c(C)c3)c(=O)n2C1c1ccc(OC)cc1. The topological polar surface area (TPSA) is 96.9 Å². The van der Waals surface area contributed by atoms with E-state index in [9.17, 15) is 9.59 Å². The van der Waals surface area contributed by atoms with Crippen LogP contribution >= 0.6 is 11.3 Å². The molecule has 0 bridgehead atoms. The molecule has 0 N–H and O–H groups in total. The highest BCUT2D eigenvalue weighted by atomic mass is 32.1. The molecule has 0 amide bonds. The van der Waals surface area contributed by atoms with E-state index in [0.29, 0.717) is 32.0 Å². The first-order chi connectivity index (χ1) is 22.7. The predicted octanol–water partition coefficient (Wildman–Crippen LogP) is 5.76. The van der Waals surface area contributed by atoms with Crippen molar-refractivity contribution in [1.29, 1.82) is 0 Å². The van der Waals surface area contributed by atoms with Crippen molar-refractivity contribution in [3.8, 4) is 28.4 Å². The van der Waals surface area contributed by atoms with Crippen molar-refractivity contribution >= 4 is 23.4 Å². The third-order valence-corrected chi connectivity index (χ3v) is 8.79. The molecule has 0 aliphatic carbocycles. The van der Waals surface area contributed by atoms with E-state index in [4.69, 9.17) is 24.3 Å². The van der Waals surface area contributed by atoms with Crippen molar-refractivity contribution in [2.75, 3.05) is 13.7 Å². The average Bonchev–Trinajstić information content (AvgIpc) is 3.62. The number of methoxy groups -OCH3 is 1. The summed E-state index contributed by atoms with van der Waals surface area (Å²) in [5, 5.41) is 4.97. The number of allylic oxidation sites excluding steroid dienone is 1. The van der Waals surface area contributed by atoms with Crippen LogP contribution in [0.4, 0.5) is 0 Å². The van der Waals surface area contributed by atoms with Crippen molar-refractivity contribution in [1.82, 2.24) is 14.3 Å². The summed E-state index contributed by atoms with van der Waals surface area (Å²) in [6, 6.07) is 22.4. The van der Waals surface area contributed by atoms with E-state index in [-0.39, 0.29) is 18.3 Å². The van der Waals surface area contributed by atoms with Crippen molar-refractivity contribution < 1.29 is 19.0 Å². The van der Waals surface area contributed by atoms with Crippen LogP contribution < -0.4 is 24.4 Å². The summed E-state index contributed by atoms with van der Waals surface area (Å²) in [6.07, 6.45) is 3.83. The highest BCUT2D eigenvalue weighted by Gasteiger charge is 2.33. The summed E-state index contributed by atoms with van der Waals surface area (Å²) >= 11 is 1.28. The van der Waals surface area contributed by atoms with Crippen LogP contribution in [0.15, 0.2) is 100 Å². The molecule has 1 atom stereocenters. The molecule has 47 heavy (non-hydrogen) atoms. The zero-order valence-corrected chi connectivity index (χ0v) is 28.0. The highest BCUT2D eigenvalue weighted by molar-refractivity contribution is 7.07. The quantitative estimate of drug-likeness (QED) is 0.189. The van der Waals surface area contributed by atoms with Gasteiger partial charge in [0.05, 0.1) is 47.4 Å². The lowest BCUT2D eigenvalue weighted by atomic mass is 9.96. The number of rotatable bonds is 9. The number of benzene rings is 3. The summed E-state index contributed by atoms with van der Waals surface area (Å²) < 4.78 is 20.6. The summed E-state index contributed by atoms with van der Waals surface area (Å²) in [4.78, 5) is 32.8. The van der Waals surface area contributed by atoms with Gasteiger partial charge in [0.15, 0.2) is 4.80 Å². The van der Waals surface area contributed by atoms with E-state index >= 15 is 0 Å². The molecule has 3 heterocycles. The predicted molar refractivity (Wildman–Crippen MR) is 183 cm³/mol. The highest BCUT2D eigenvalue weighted by Crippen LogP contribution is 2.32. The molecule has 0 spiro atoms. The van der Waals surface area contributed by atoms with Crippen LogP contribution in [-0.4, -0.2) is 40.1 Å². The zero-order chi connectivity index (χ0) is 33.2. The Hall–Kier alpha value is -5.22. The number of esters is 1. The van der Waals surface area contributed by atoms with Crippen LogP contribution in [0.1, 0.15) is 50.4 Å². The van der Waals surface area contributed by atoms with Crippen LogP contribution in [-0.2, 0) is 9.53 Å². The average molecular weight is 649 g/mol. The number of thiazole rings is 1. The fraction of sp³-hybridized carbons (Fsp3) is 0.243. The molecule has 2 aromatic heterocycles. The Morgan fingerprint density at radius 2 is 1.79 bits per heavy atom. The molecule has 1 aliphatic heterocycles. The van der Waals surface area contributed by atoms with E-state index in [1.165, 1.54) is 11.3 Å². The molecule has 240 valence electrons. The van der Waals surface area contributed by atoms with Gasteiger partial charge in [0.25, 0.3) is 5.56 Å². The molecule has 0 radical (unpaired) electrons. The maximum atomic E-state index is 14.3. The molecule has 6 rings (SSSR count). The minimum Gasteiger partial charge on any atom is -0.497 e. The molecule has 10 heteroatoms. The molecular weight excluding hydrogens is 612 g/mol. The van der Waals surface area contributed by atoms with Gasteiger partial charge in [-0.2, -0.15) is 5.10 Å². The molecule has 9 nitrogen and oxygen atoms in total. The van der Waals surface area contributed by atoms with Crippen LogP contribution in [0.25, 0.3) is 23.0 Å². The van der Waals surface area contributed by atoms with Crippen molar-refractivity contribution in [3.05, 3.63) is 127 Å². The second kappa shape index (κ2) is 13.3. The largest absolute Gasteiger partial charge is 0.497 e. The van der Waals surface area contributed by atoms with Gasteiger partial charge in [-0.3, -0.25) is 9.36 Å². The molecule has 0 saturated carbocycles. The number of carbonyl (C=O) groups is 1. The van der Waals surface area contributed by atoms with Crippen LogP contribution in [0.5, 0.6) is 11.5 Å². The first-order valence-electron chi connectivity index (χ1n) is 15.4. The van der Waals surface area contributed by atoms with Gasteiger partial charge in [0, 0.05) is 17.3 Å². The van der Waals surface area contributed by atoms with Crippen molar-refractivity contribution in [2.45, 2.75) is 46.8 Å². The third-order valence-electron chi connectivity index (χ3n) is 7.81. The van der Waals surface area contributed by atoms with Gasteiger partial charge in [0.1, 0.15) is 17.2 Å². The number of nitrogens with zero attached hydrogens (tertiary/aromatic N) is 4. The first kappa shape index (κ1) is 31.7. The molecule has 3 aromatic carbocycles. The molecule has 5 aromatic rings. The zero-order valence-electron chi connectivity index (χ0n) is 27.2. The fourth-order valence-electron chi connectivity index (χ4n) is 5.65. The molecule has 1 aliphatic rings. The Labute approximate surface area is 276 Å². The summed E-state index contributed by atoms with van der Waals surface area (Å²) in [5.41, 5.74) is 5.56. The Kier molecular flexibility index (Phi) is 8.95. The first-order valence-corrected chi connectivity index (χ1v) is 16.3. The lowest BCUT2D eigenvalue weighted by Gasteiger charge is -2.24. The second-order valence-corrected chi connectivity index (χ2v) is 12.4. The normalized spacial score (nSPS) is 14.6. The summed E-state index contributed by atoms with van der Waals surface area (Å²) in [7, 11) is 1.59. The van der Waals surface area contributed by atoms with Gasteiger partial charge in [-0.1, -0.05) is 41.7 Å². The van der Waals surface area contributed by atoms with Gasteiger partial charge < -0.3 is 14.2 Å². The lowest BCUT2D eigenvalue weighted by molar-refractivity contribution is -0.139. The Balaban J connectivity index is 1.54. The minimum absolute atomic E-state index is 0.0493. The summed E-state index contributed by atoms with van der Waals surface area (Å²) in [6.45, 7) is 9.74. The standard InChI is InChI=1S/C37H36N4O5S/c1-7-45-36(43)32-24(5)38-37-41(34(32)25-13-16-29(44-6)17-14-25)35(42)31(47-37)20-27-21-40(28-11-9-8-10-12-28)39-33(27)26-15-18-30(23(4)19-26)46-22(2)3/h8-22,34H,7H2,1-6H3. The smallest absolute Gasteiger partial charge is 0.338 e. The van der Waals surface area contributed by atoms with E-state index in [0.717, 1.165) is 33.7 Å². The maximum absolute atomic E-state index is 14.3. The van der Waals surface area contributed by atoms with Gasteiger partial charge in [-0.25, -0.2) is 14.5 Å². The number of aryl methyl sites for hydroxylation is 1.